The van der Waals surface area contributed by atoms with E-state index in [1.54, 1.807) is 6.92 Å². The number of ether oxygens (including phenoxy) is 1. The van der Waals surface area contributed by atoms with Crippen LogP contribution >= 0.6 is 0 Å². The number of hydrogen-bond donors (Lipinski definition) is 0. The standard InChI is InChI=1S/C10H9F2NO4/c1-6-2-3-8(13(15)16)7(4-6)10(14)17-5-9(11)12/h2-4,9H,5H2,1H3. The molecule has 0 saturated heterocycles. The molecule has 0 heterocycles. The Balaban J connectivity index is 2.98. The van der Waals surface area contributed by atoms with Gasteiger partial charge in [0.25, 0.3) is 12.1 Å². The van der Waals surface area contributed by atoms with Crippen LogP contribution in [0.3, 0.4) is 0 Å². The van der Waals surface area contributed by atoms with E-state index in [4.69, 9.17) is 0 Å². The minimum atomic E-state index is -2.80. The van der Waals surface area contributed by atoms with Crippen molar-refractivity contribution in [2.45, 2.75) is 13.3 Å². The van der Waals surface area contributed by atoms with Crippen molar-refractivity contribution < 1.29 is 23.2 Å². The van der Waals surface area contributed by atoms with Gasteiger partial charge in [0.2, 0.25) is 0 Å². The molecule has 0 aromatic heterocycles. The maximum absolute atomic E-state index is 11.8. The molecule has 17 heavy (non-hydrogen) atoms. The predicted octanol–water partition coefficient (Wildman–Crippen LogP) is 2.33. The zero-order valence-corrected chi connectivity index (χ0v) is 8.85. The Labute approximate surface area is 95.2 Å². The van der Waals surface area contributed by atoms with Crippen molar-refractivity contribution in [1.82, 2.24) is 0 Å². The number of carbonyl (C=O) groups is 1. The lowest BCUT2D eigenvalue weighted by atomic mass is 10.1. The highest BCUT2D eigenvalue weighted by molar-refractivity contribution is 5.94. The quantitative estimate of drug-likeness (QED) is 0.463. The first-order chi connectivity index (χ1) is 7.91. The van der Waals surface area contributed by atoms with Crippen LogP contribution in [0.5, 0.6) is 0 Å². The normalized spacial score (nSPS) is 10.4. The lowest BCUT2D eigenvalue weighted by Crippen LogP contribution is -2.13. The lowest BCUT2D eigenvalue weighted by molar-refractivity contribution is -0.385. The van der Waals surface area contributed by atoms with Crippen molar-refractivity contribution in [3.8, 4) is 0 Å². The molecular weight excluding hydrogens is 236 g/mol. The summed E-state index contributed by atoms with van der Waals surface area (Å²) < 4.78 is 27.9. The van der Waals surface area contributed by atoms with Crippen LogP contribution < -0.4 is 0 Å². The number of aryl methyl sites for hydroxylation is 1. The van der Waals surface area contributed by atoms with Crippen molar-refractivity contribution in [2.24, 2.45) is 0 Å². The number of benzene rings is 1. The fourth-order valence-corrected chi connectivity index (χ4v) is 1.19. The van der Waals surface area contributed by atoms with Crippen LogP contribution in [0.15, 0.2) is 18.2 Å². The van der Waals surface area contributed by atoms with Gasteiger partial charge in [-0.15, -0.1) is 0 Å². The van der Waals surface area contributed by atoms with E-state index in [2.05, 4.69) is 4.74 Å². The molecule has 0 spiro atoms. The van der Waals surface area contributed by atoms with Gasteiger partial charge in [-0.1, -0.05) is 6.07 Å². The van der Waals surface area contributed by atoms with Crippen LogP contribution in [0.25, 0.3) is 0 Å². The number of nitrogens with zero attached hydrogens (tertiary/aromatic N) is 1. The fourth-order valence-electron chi connectivity index (χ4n) is 1.19. The van der Waals surface area contributed by atoms with Gasteiger partial charge in [0, 0.05) is 6.07 Å². The molecule has 0 unspecified atom stereocenters. The average Bonchev–Trinajstić information content (AvgIpc) is 2.25. The van der Waals surface area contributed by atoms with E-state index in [1.165, 1.54) is 12.1 Å². The molecule has 0 N–H and O–H groups in total. The number of hydrogen-bond acceptors (Lipinski definition) is 4. The molecule has 1 aromatic rings. The van der Waals surface area contributed by atoms with Gasteiger partial charge in [-0.2, -0.15) is 0 Å². The molecule has 0 aliphatic rings. The van der Waals surface area contributed by atoms with Gasteiger partial charge in [-0.25, -0.2) is 13.6 Å². The zero-order valence-electron chi connectivity index (χ0n) is 8.85. The summed E-state index contributed by atoms with van der Waals surface area (Å²) in [4.78, 5) is 21.2. The van der Waals surface area contributed by atoms with Crippen molar-refractivity contribution >= 4 is 11.7 Å². The maximum Gasteiger partial charge on any atom is 0.345 e. The molecule has 0 saturated carbocycles. The van der Waals surface area contributed by atoms with E-state index in [0.29, 0.717) is 5.56 Å². The van der Waals surface area contributed by atoms with Crippen LogP contribution in [-0.2, 0) is 4.74 Å². The highest BCUT2D eigenvalue weighted by Crippen LogP contribution is 2.20. The summed E-state index contributed by atoms with van der Waals surface area (Å²) in [6.45, 7) is 0.539. The smallest absolute Gasteiger partial charge is 0.345 e. The van der Waals surface area contributed by atoms with Crippen LogP contribution in [0.4, 0.5) is 14.5 Å². The van der Waals surface area contributed by atoms with Crippen molar-refractivity contribution in [3.05, 3.63) is 39.4 Å². The van der Waals surface area contributed by atoms with Gasteiger partial charge < -0.3 is 4.74 Å². The molecular formula is C10H9F2NO4. The minimum Gasteiger partial charge on any atom is -0.456 e. The minimum absolute atomic E-state index is 0.323. The second-order valence-corrected chi connectivity index (χ2v) is 3.27. The molecule has 0 bridgehead atoms. The highest BCUT2D eigenvalue weighted by atomic mass is 19.3. The van der Waals surface area contributed by atoms with Gasteiger partial charge in [0.15, 0.2) is 6.61 Å². The Morgan fingerprint density at radius 1 is 1.53 bits per heavy atom. The van der Waals surface area contributed by atoms with Gasteiger partial charge >= 0.3 is 5.97 Å². The van der Waals surface area contributed by atoms with E-state index >= 15 is 0 Å². The second-order valence-electron chi connectivity index (χ2n) is 3.27. The monoisotopic (exact) mass is 245 g/mol. The molecule has 1 aromatic carbocycles. The van der Waals surface area contributed by atoms with Crippen molar-refractivity contribution in [1.29, 1.82) is 0 Å². The van der Waals surface area contributed by atoms with Crippen LogP contribution in [0.1, 0.15) is 15.9 Å². The number of alkyl halides is 2. The zero-order chi connectivity index (χ0) is 13.0. The van der Waals surface area contributed by atoms with E-state index in [9.17, 15) is 23.7 Å². The van der Waals surface area contributed by atoms with Gasteiger partial charge in [0.1, 0.15) is 5.56 Å². The van der Waals surface area contributed by atoms with Crippen molar-refractivity contribution in [3.63, 3.8) is 0 Å². The highest BCUT2D eigenvalue weighted by Gasteiger charge is 2.22. The molecule has 0 aliphatic carbocycles. The van der Waals surface area contributed by atoms with Gasteiger partial charge in [0.05, 0.1) is 4.92 Å². The number of carbonyl (C=O) groups excluding carboxylic acids is 1. The summed E-state index contributed by atoms with van der Waals surface area (Å²) >= 11 is 0. The van der Waals surface area contributed by atoms with Crippen LogP contribution in [0.2, 0.25) is 0 Å². The summed E-state index contributed by atoms with van der Waals surface area (Å²) in [5.41, 5.74) is -0.190. The Kier molecular flexibility index (Phi) is 4.08. The summed E-state index contributed by atoms with van der Waals surface area (Å²) in [6.07, 6.45) is -2.80. The molecule has 0 amide bonds. The topological polar surface area (TPSA) is 69.4 Å². The Bertz CT molecular complexity index is 448. The van der Waals surface area contributed by atoms with E-state index < -0.39 is 29.6 Å². The third kappa shape index (κ3) is 3.47. The lowest BCUT2D eigenvalue weighted by Gasteiger charge is -2.05. The molecule has 0 aliphatic heterocycles. The Morgan fingerprint density at radius 3 is 2.71 bits per heavy atom. The Morgan fingerprint density at radius 2 is 2.18 bits per heavy atom. The maximum atomic E-state index is 11.8. The largest absolute Gasteiger partial charge is 0.456 e. The Hall–Kier alpha value is -2.05. The number of nitro benzene ring substituents is 1. The van der Waals surface area contributed by atoms with E-state index in [1.807, 2.05) is 0 Å². The number of nitro groups is 1. The number of rotatable bonds is 4. The first-order valence-electron chi connectivity index (χ1n) is 4.62. The first-order valence-corrected chi connectivity index (χ1v) is 4.62. The van der Waals surface area contributed by atoms with E-state index in [0.717, 1.165) is 6.07 Å². The summed E-state index contributed by atoms with van der Waals surface area (Å²) in [7, 11) is 0. The third-order valence-electron chi connectivity index (χ3n) is 1.91. The fraction of sp³-hybridized carbons (Fsp3) is 0.300. The molecule has 0 fully saturated rings. The van der Waals surface area contributed by atoms with E-state index in [-0.39, 0.29) is 5.56 Å². The number of halogens is 2. The molecule has 0 radical (unpaired) electrons. The molecule has 1 rings (SSSR count). The van der Waals surface area contributed by atoms with Crippen LogP contribution in [0, 0.1) is 17.0 Å². The summed E-state index contributed by atoms with van der Waals surface area (Å²) in [5, 5.41) is 10.6. The average molecular weight is 245 g/mol. The SMILES string of the molecule is Cc1ccc([N+](=O)[O-])c(C(=O)OCC(F)F)c1. The van der Waals surface area contributed by atoms with Crippen LogP contribution in [-0.4, -0.2) is 23.9 Å². The first kappa shape index (κ1) is 13.0. The second kappa shape index (κ2) is 5.33. The van der Waals surface area contributed by atoms with Gasteiger partial charge in [-0.05, 0) is 18.6 Å². The number of esters is 1. The molecule has 7 heteroatoms. The summed E-state index contributed by atoms with van der Waals surface area (Å²) in [5.74, 6) is -1.12. The molecule has 0 atom stereocenters. The van der Waals surface area contributed by atoms with Gasteiger partial charge in [-0.3, -0.25) is 10.1 Å². The third-order valence-corrected chi connectivity index (χ3v) is 1.91. The van der Waals surface area contributed by atoms with Crippen molar-refractivity contribution in [2.75, 3.05) is 6.61 Å². The molecule has 92 valence electrons. The molecule has 5 nitrogen and oxygen atoms in total. The summed E-state index contributed by atoms with van der Waals surface area (Å²) in [6, 6.07) is 3.81. The predicted molar refractivity (Wildman–Crippen MR) is 54.1 cm³/mol.